The lowest BCUT2D eigenvalue weighted by atomic mass is 9.96. The maximum absolute atomic E-state index is 12.4. The molecule has 0 N–H and O–H groups in total. The minimum atomic E-state index is -0.887. The lowest BCUT2D eigenvalue weighted by Crippen LogP contribution is -2.30. The molecule has 108 valence electrons. The molecule has 0 aliphatic heterocycles. The molecule has 1 aromatic heterocycles. The van der Waals surface area contributed by atoms with Crippen LogP contribution >= 0.6 is 23.2 Å². The average Bonchev–Trinajstić information content (AvgIpc) is 3.09. The third-order valence-electron chi connectivity index (χ3n) is 4.09. The molecule has 1 atom stereocenters. The number of halogens is 2. The smallest absolute Gasteiger partial charge is 0.238 e. The first kappa shape index (κ1) is 14.2. The topological polar surface area (TPSA) is 34.4 Å². The summed E-state index contributed by atoms with van der Waals surface area (Å²) in [5.74, 6) is -0.358. The minimum Gasteiger partial charge on any atom is -0.274 e. The molecule has 0 amide bonds. The van der Waals surface area contributed by atoms with Gasteiger partial charge in [0.2, 0.25) is 5.91 Å². The van der Waals surface area contributed by atoms with Crippen LogP contribution in [-0.4, -0.2) is 20.8 Å². The molecule has 0 bridgehead atoms. The molecule has 3 nitrogen and oxygen atoms in total. The molecule has 20 heavy (non-hydrogen) atoms. The Morgan fingerprint density at radius 1 is 1.25 bits per heavy atom. The second kappa shape index (κ2) is 5.53. The standard InChI is InChI=1S/C15H18Cl2N2O/c16-15(17)10-12(15)14(20)19-9-5-4-8-13(19)18-11-6-2-1-3-7-11/h4-5,8-9,11-12H,1-3,6-7,10H2. The first-order valence-corrected chi connectivity index (χ1v) is 7.97. The number of rotatable bonds is 2. The number of alkyl halides is 2. The van der Waals surface area contributed by atoms with Gasteiger partial charge >= 0.3 is 0 Å². The fraction of sp³-hybridized carbons (Fsp3) is 0.600. The van der Waals surface area contributed by atoms with E-state index in [-0.39, 0.29) is 11.8 Å². The summed E-state index contributed by atoms with van der Waals surface area (Å²) in [6.45, 7) is 0. The van der Waals surface area contributed by atoms with Gasteiger partial charge in [0.1, 0.15) is 9.82 Å². The molecule has 2 aliphatic rings. The van der Waals surface area contributed by atoms with Gasteiger partial charge in [-0.05, 0) is 31.4 Å². The normalized spacial score (nSPS) is 26.5. The zero-order valence-electron chi connectivity index (χ0n) is 11.3. The Bertz CT molecular complexity index is 573. The quantitative estimate of drug-likeness (QED) is 0.769. The van der Waals surface area contributed by atoms with Crippen molar-refractivity contribution in [3.05, 3.63) is 29.9 Å². The third-order valence-corrected chi connectivity index (χ3v) is 4.92. The minimum absolute atomic E-state index is 0.0508. The molecule has 0 radical (unpaired) electrons. The highest BCUT2D eigenvalue weighted by Gasteiger charge is 2.56. The number of carbonyl (C=O) groups is 1. The third kappa shape index (κ3) is 2.94. The van der Waals surface area contributed by atoms with E-state index in [4.69, 9.17) is 28.2 Å². The van der Waals surface area contributed by atoms with Crippen molar-refractivity contribution in [1.82, 2.24) is 4.57 Å². The summed E-state index contributed by atoms with van der Waals surface area (Å²) in [6, 6.07) is 5.97. The predicted molar refractivity (Wildman–Crippen MR) is 80.0 cm³/mol. The van der Waals surface area contributed by atoms with Crippen molar-refractivity contribution in [1.29, 1.82) is 0 Å². The molecule has 0 aromatic carbocycles. The SMILES string of the molecule is O=C(C1CC1(Cl)Cl)n1ccccc1=NC1CCCCC1. The van der Waals surface area contributed by atoms with E-state index in [1.54, 1.807) is 10.8 Å². The molecule has 1 aromatic rings. The van der Waals surface area contributed by atoms with Gasteiger partial charge in [-0.15, -0.1) is 23.2 Å². The summed E-state index contributed by atoms with van der Waals surface area (Å²) in [4.78, 5) is 17.2. The first-order chi connectivity index (χ1) is 9.58. The molecule has 2 fully saturated rings. The number of nitrogens with zero attached hydrogens (tertiary/aromatic N) is 2. The van der Waals surface area contributed by atoms with Crippen LogP contribution in [0.3, 0.4) is 0 Å². The molecular formula is C15H18Cl2N2O. The van der Waals surface area contributed by atoms with Gasteiger partial charge in [0, 0.05) is 6.20 Å². The van der Waals surface area contributed by atoms with Crippen molar-refractivity contribution in [3.8, 4) is 0 Å². The van der Waals surface area contributed by atoms with E-state index < -0.39 is 4.33 Å². The van der Waals surface area contributed by atoms with Gasteiger partial charge in [0.05, 0.1) is 12.0 Å². The summed E-state index contributed by atoms with van der Waals surface area (Å²) in [7, 11) is 0. The summed E-state index contributed by atoms with van der Waals surface area (Å²) in [5, 5.41) is 0. The predicted octanol–water partition coefficient (Wildman–Crippen LogP) is 3.56. The zero-order valence-corrected chi connectivity index (χ0v) is 12.8. The summed E-state index contributed by atoms with van der Waals surface area (Å²) in [6.07, 6.45) is 8.26. The molecular weight excluding hydrogens is 295 g/mol. The van der Waals surface area contributed by atoms with E-state index in [0.29, 0.717) is 12.5 Å². The van der Waals surface area contributed by atoms with Gasteiger partial charge in [0.15, 0.2) is 0 Å². The molecule has 0 saturated heterocycles. The molecule has 5 heteroatoms. The van der Waals surface area contributed by atoms with Crippen molar-refractivity contribution in [2.75, 3.05) is 0 Å². The number of hydrogen-bond acceptors (Lipinski definition) is 2. The highest BCUT2D eigenvalue weighted by Crippen LogP contribution is 2.53. The Morgan fingerprint density at radius 2 is 1.95 bits per heavy atom. The van der Waals surface area contributed by atoms with Crippen LogP contribution in [0.5, 0.6) is 0 Å². The van der Waals surface area contributed by atoms with E-state index in [9.17, 15) is 4.79 Å². The fourth-order valence-corrected chi connectivity index (χ4v) is 3.27. The van der Waals surface area contributed by atoms with Crippen molar-refractivity contribution in [2.45, 2.75) is 48.9 Å². The Morgan fingerprint density at radius 3 is 2.60 bits per heavy atom. The molecule has 1 heterocycles. The van der Waals surface area contributed by atoms with Crippen LogP contribution in [0.4, 0.5) is 0 Å². The van der Waals surface area contributed by atoms with Crippen LogP contribution in [0.25, 0.3) is 0 Å². The Balaban J connectivity index is 1.88. The van der Waals surface area contributed by atoms with E-state index in [0.717, 1.165) is 18.3 Å². The van der Waals surface area contributed by atoms with Crippen molar-refractivity contribution in [3.63, 3.8) is 0 Å². The van der Waals surface area contributed by atoms with E-state index in [2.05, 4.69) is 0 Å². The Hall–Kier alpha value is -0.800. The first-order valence-electron chi connectivity index (χ1n) is 7.21. The summed E-state index contributed by atoms with van der Waals surface area (Å²) >= 11 is 12.0. The lowest BCUT2D eigenvalue weighted by Gasteiger charge is -2.17. The van der Waals surface area contributed by atoms with Gasteiger partial charge in [-0.3, -0.25) is 14.4 Å². The van der Waals surface area contributed by atoms with Crippen LogP contribution in [0.1, 0.15) is 43.3 Å². The second-order valence-electron chi connectivity index (χ2n) is 5.71. The van der Waals surface area contributed by atoms with Gasteiger partial charge in [-0.1, -0.05) is 25.3 Å². The lowest BCUT2D eigenvalue weighted by molar-refractivity contribution is 0.0879. The average molecular weight is 313 g/mol. The van der Waals surface area contributed by atoms with Crippen molar-refractivity contribution < 1.29 is 4.79 Å². The molecule has 1 unspecified atom stereocenters. The summed E-state index contributed by atoms with van der Waals surface area (Å²) < 4.78 is 0.716. The highest BCUT2D eigenvalue weighted by atomic mass is 35.5. The van der Waals surface area contributed by atoms with Crippen LogP contribution < -0.4 is 5.49 Å². The Kier molecular flexibility index (Phi) is 3.91. The number of aromatic nitrogens is 1. The Labute approximate surface area is 128 Å². The maximum atomic E-state index is 12.4. The van der Waals surface area contributed by atoms with Crippen LogP contribution in [0, 0.1) is 5.92 Å². The zero-order chi connectivity index (χ0) is 14.2. The van der Waals surface area contributed by atoms with E-state index in [1.165, 1.54) is 19.3 Å². The number of carbonyl (C=O) groups excluding carboxylic acids is 1. The van der Waals surface area contributed by atoms with E-state index in [1.807, 2.05) is 18.2 Å². The van der Waals surface area contributed by atoms with Crippen LogP contribution in [0.15, 0.2) is 29.4 Å². The molecule has 3 rings (SSSR count). The maximum Gasteiger partial charge on any atom is 0.238 e. The second-order valence-corrected chi connectivity index (χ2v) is 7.25. The van der Waals surface area contributed by atoms with Gasteiger partial charge < -0.3 is 0 Å². The van der Waals surface area contributed by atoms with E-state index >= 15 is 0 Å². The summed E-state index contributed by atoms with van der Waals surface area (Å²) in [5.41, 5.74) is 0.723. The molecule has 0 spiro atoms. The van der Waals surface area contributed by atoms with Crippen LogP contribution in [-0.2, 0) is 0 Å². The largest absolute Gasteiger partial charge is 0.274 e. The fourth-order valence-electron chi connectivity index (χ4n) is 2.77. The van der Waals surface area contributed by atoms with Gasteiger partial charge in [-0.25, -0.2) is 0 Å². The monoisotopic (exact) mass is 312 g/mol. The van der Waals surface area contributed by atoms with Crippen molar-refractivity contribution in [2.24, 2.45) is 10.9 Å². The van der Waals surface area contributed by atoms with Crippen LogP contribution in [0.2, 0.25) is 0 Å². The van der Waals surface area contributed by atoms with Gasteiger partial charge in [0.25, 0.3) is 0 Å². The molecule has 2 saturated carbocycles. The highest BCUT2D eigenvalue weighted by molar-refractivity contribution is 6.52. The molecule has 2 aliphatic carbocycles. The van der Waals surface area contributed by atoms with Crippen molar-refractivity contribution >= 4 is 29.1 Å². The number of hydrogen-bond donors (Lipinski definition) is 0. The number of pyridine rings is 1. The van der Waals surface area contributed by atoms with Gasteiger partial charge in [-0.2, -0.15) is 0 Å².